The van der Waals surface area contributed by atoms with Crippen LogP contribution in [0.2, 0.25) is 0 Å². The fourth-order valence-electron chi connectivity index (χ4n) is 8.37. The van der Waals surface area contributed by atoms with Crippen LogP contribution in [0.3, 0.4) is 0 Å². The summed E-state index contributed by atoms with van der Waals surface area (Å²) in [6.07, 6.45) is 2.63. The third-order valence-electron chi connectivity index (χ3n) is 10.3. The number of hydrogen-bond donors (Lipinski definition) is 2. The summed E-state index contributed by atoms with van der Waals surface area (Å²) >= 11 is 0. The number of carbonyl (C=O) groups excluding carboxylic acids is 4. The summed E-state index contributed by atoms with van der Waals surface area (Å²) in [6.45, 7) is 4.04. The van der Waals surface area contributed by atoms with Crippen LogP contribution in [0.15, 0.2) is 84.4 Å². The molecule has 45 heavy (non-hydrogen) atoms. The van der Waals surface area contributed by atoms with Gasteiger partial charge >= 0.3 is 0 Å². The third-order valence-corrected chi connectivity index (χ3v) is 10.3. The molecule has 2 aliphatic carbocycles. The van der Waals surface area contributed by atoms with E-state index in [1.54, 1.807) is 19.1 Å². The van der Waals surface area contributed by atoms with Gasteiger partial charge in [-0.3, -0.25) is 29.5 Å². The molecule has 0 bridgehead atoms. The lowest BCUT2D eigenvalue weighted by Gasteiger charge is -2.50. The monoisotopic (exact) mass is 605 g/mol. The number of aromatic hydroxyl groups is 1. The predicted molar refractivity (Wildman–Crippen MR) is 166 cm³/mol. The summed E-state index contributed by atoms with van der Waals surface area (Å²) in [7, 11) is 1.46. The second-order valence-electron chi connectivity index (χ2n) is 12.4. The Morgan fingerprint density at radius 2 is 1.67 bits per heavy atom. The highest BCUT2D eigenvalue weighted by Crippen LogP contribution is 2.64. The van der Waals surface area contributed by atoms with Gasteiger partial charge in [-0.15, -0.1) is 0 Å². The maximum atomic E-state index is 15.1. The van der Waals surface area contributed by atoms with Crippen LogP contribution in [-0.2, 0) is 24.6 Å². The number of rotatable bonds is 6. The van der Waals surface area contributed by atoms with Crippen molar-refractivity contribution in [2.75, 3.05) is 19.1 Å². The van der Waals surface area contributed by atoms with Gasteiger partial charge in [0.15, 0.2) is 11.5 Å². The lowest BCUT2D eigenvalue weighted by Crippen LogP contribution is -2.53. The number of imide groups is 2. The van der Waals surface area contributed by atoms with Crippen molar-refractivity contribution < 1.29 is 29.0 Å². The van der Waals surface area contributed by atoms with Crippen LogP contribution < -0.4 is 10.2 Å². The van der Waals surface area contributed by atoms with Crippen molar-refractivity contribution in [3.63, 3.8) is 0 Å². The molecular weight excluding hydrogens is 570 g/mol. The molecule has 4 amide bonds. The average Bonchev–Trinajstić information content (AvgIpc) is 3.43. The van der Waals surface area contributed by atoms with Crippen LogP contribution in [0.5, 0.6) is 11.5 Å². The van der Waals surface area contributed by atoms with E-state index in [0.717, 1.165) is 16.1 Å². The van der Waals surface area contributed by atoms with E-state index in [1.165, 1.54) is 18.1 Å². The molecule has 2 N–H and O–H groups in total. The van der Waals surface area contributed by atoms with Crippen molar-refractivity contribution in [1.29, 1.82) is 0 Å². The number of hydrogen-bond acceptors (Lipinski definition) is 7. The number of nitrogens with one attached hydrogen (secondary N) is 1. The van der Waals surface area contributed by atoms with E-state index in [9.17, 15) is 19.5 Å². The lowest BCUT2D eigenvalue weighted by atomic mass is 9.49. The number of carbonyl (C=O) groups is 4. The SMILES string of the molecule is CCN1C(=O)C2CC=C3C(CC4C(=O)N(Nc5ccc(C)cc5)C(=O)C4(c4ccccc4)C3c3ccc(O)c(OC)c3)C2C1=O. The first-order valence-electron chi connectivity index (χ1n) is 15.4. The third kappa shape index (κ3) is 4.06. The van der Waals surface area contributed by atoms with Gasteiger partial charge in [0.2, 0.25) is 11.8 Å². The molecule has 6 atom stereocenters. The average molecular weight is 606 g/mol. The second kappa shape index (κ2) is 10.6. The molecule has 9 heteroatoms. The Morgan fingerprint density at radius 1 is 0.933 bits per heavy atom. The molecule has 3 fully saturated rings. The van der Waals surface area contributed by atoms with Crippen LogP contribution in [0.25, 0.3) is 0 Å². The smallest absolute Gasteiger partial charge is 0.260 e. The van der Waals surface area contributed by atoms with Crippen molar-refractivity contribution in [1.82, 2.24) is 9.91 Å². The first-order chi connectivity index (χ1) is 21.7. The van der Waals surface area contributed by atoms with Crippen LogP contribution >= 0.6 is 0 Å². The van der Waals surface area contributed by atoms with Crippen molar-refractivity contribution >= 4 is 29.3 Å². The summed E-state index contributed by atoms with van der Waals surface area (Å²) < 4.78 is 5.50. The molecule has 0 spiro atoms. The van der Waals surface area contributed by atoms with Gasteiger partial charge in [-0.05, 0) is 68.0 Å². The minimum Gasteiger partial charge on any atom is -0.504 e. The lowest BCUT2D eigenvalue weighted by molar-refractivity contribution is -0.141. The molecule has 2 saturated heterocycles. The molecule has 2 heterocycles. The highest BCUT2D eigenvalue weighted by molar-refractivity contribution is 6.13. The minimum atomic E-state index is -1.37. The number of hydrazine groups is 1. The molecule has 1 saturated carbocycles. The Morgan fingerprint density at radius 3 is 2.36 bits per heavy atom. The molecule has 230 valence electrons. The summed E-state index contributed by atoms with van der Waals surface area (Å²) in [5.41, 5.74) is 5.59. The van der Waals surface area contributed by atoms with E-state index >= 15 is 4.79 Å². The molecule has 9 nitrogen and oxygen atoms in total. The first kappa shape index (κ1) is 28.8. The normalized spacial score (nSPS) is 28.9. The van der Waals surface area contributed by atoms with Gasteiger partial charge in [-0.2, -0.15) is 5.01 Å². The Labute approximate surface area is 261 Å². The number of phenolic OH excluding ortho intramolecular Hbond substituents is 1. The standard InChI is InChI=1S/C36H35N3O6/c1-4-38-32(41)25-16-15-24-26(30(25)34(38)43)19-27-33(42)39(37-23-13-10-20(2)11-14-23)35(44)36(27,22-8-6-5-7-9-22)31(24)21-12-17-28(40)29(18-21)45-3/h5-15,17-18,25-27,30-31,37,40H,4,16,19H2,1-3H3. The van der Waals surface area contributed by atoms with E-state index in [4.69, 9.17) is 4.74 Å². The zero-order valence-corrected chi connectivity index (χ0v) is 25.4. The van der Waals surface area contributed by atoms with Gasteiger partial charge in [0.25, 0.3) is 11.8 Å². The predicted octanol–water partition coefficient (Wildman–Crippen LogP) is 4.71. The Kier molecular flexibility index (Phi) is 6.80. The Bertz CT molecular complexity index is 1750. The number of allylic oxidation sites excluding steroid dienone is 2. The number of methoxy groups -OCH3 is 1. The number of benzene rings is 3. The molecule has 2 aliphatic heterocycles. The van der Waals surface area contributed by atoms with Crippen molar-refractivity contribution in [2.24, 2.45) is 23.7 Å². The van der Waals surface area contributed by atoms with Crippen molar-refractivity contribution in [2.45, 2.75) is 38.0 Å². The zero-order chi connectivity index (χ0) is 31.6. The molecule has 7 rings (SSSR count). The van der Waals surface area contributed by atoms with E-state index in [1.807, 2.05) is 67.6 Å². The summed E-state index contributed by atoms with van der Waals surface area (Å²) in [5.74, 6) is -4.06. The summed E-state index contributed by atoms with van der Waals surface area (Å²) in [4.78, 5) is 58.1. The molecular formula is C36H35N3O6. The molecule has 0 radical (unpaired) electrons. The van der Waals surface area contributed by atoms with E-state index in [0.29, 0.717) is 23.2 Å². The summed E-state index contributed by atoms with van der Waals surface area (Å²) in [6, 6.07) is 21.8. The van der Waals surface area contributed by atoms with Crippen molar-refractivity contribution in [3.05, 3.63) is 101 Å². The molecule has 3 aromatic rings. The maximum Gasteiger partial charge on any atom is 0.260 e. The number of anilines is 1. The van der Waals surface area contributed by atoms with E-state index in [-0.39, 0.29) is 42.2 Å². The van der Waals surface area contributed by atoms with Gasteiger partial charge in [-0.25, -0.2) is 0 Å². The topological polar surface area (TPSA) is 116 Å². The van der Waals surface area contributed by atoms with Gasteiger partial charge in [0.1, 0.15) is 0 Å². The van der Waals surface area contributed by atoms with Crippen LogP contribution in [0, 0.1) is 30.6 Å². The Hall–Kier alpha value is -4.92. The quantitative estimate of drug-likeness (QED) is 0.309. The maximum absolute atomic E-state index is 15.1. The van der Waals surface area contributed by atoms with Gasteiger partial charge in [-0.1, -0.05) is 65.7 Å². The second-order valence-corrected chi connectivity index (χ2v) is 12.4. The zero-order valence-electron chi connectivity index (χ0n) is 25.4. The number of aryl methyl sites for hydroxylation is 1. The number of amides is 4. The largest absolute Gasteiger partial charge is 0.504 e. The molecule has 6 unspecified atom stereocenters. The number of fused-ring (bicyclic) bond motifs is 4. The molecule has 4 aliphatic rings. The summed E-state index contributed by atoms with van der Waals surface area (Å²) in [5, 5.41) is 11.7. The molecule has 0 aromatic heterocycles. The highest BCUT2D eigenvalue weighted by Gasteiger charge is 2.70. The van der Waals surface area contributed by atoms with Crippen LogP contribution in [0.4, 0.5) is 5.69 Å². The van der Waals surface area contributed by atoms with Gasteiger partial charge in [0, 0.05) is 12.5 Å². The van der Waals surface area contributed by atoms with Gasteiger partial charge < -0.3 is 9.84 Å². The van der Waals surface area contributed by atoms with Gasteiger partial charge in [0.05, 0.1) is 36.0 Å². The van der Waals surface area contributed by atoms with Crippen LogP contribution in [0.1, 0.15) is 42.4 Å². The fraction of sp³-hybridized carbons (Fsp3) is 0.333. The first-order valence-corrected chi connectivity index (χ1v) is 15.4. The number of nitrogens with zero attached hydrogens (tertiary/aromatic N) is 2. The fourth-order valence-corrected chi connectivity index (χ4v) is 8.37. The minimum absolute atomic E-state index is 0.0525. The highest BCUT2D eigenvalue weighted by atomic mass is 16.5. The van der Waals surface area contributed by atoms with Crippen molar-refractivity contribution in [3.8, 4) is 11.5 Å². The Balaban J connectivity index is 1.47. The molecule has 3 aromatic carbocycles. The van der Waals surface area contributed by atoms with E-state index < -0.39 is 40.9 Å². The number of ether oxygens (including phenoxy) is 1. The number of phenols is 1. The number of likely N-dealkylation sites (tertiary alicyclic amines) is 1. The van der Waals surface area contributed by atoms with E-state index in [2.05, 4.69) is 5.43 Å². The van der Waals surface area contributed by atoms with Crippen LogP contribution in [-0.4, -0.2) is 52.3 Å².